The van der Waals surface area contributed by atoms with Crippen molar-refractivity contribution >= 4 is 28.4 Å². The number of para-hydroxylation sites is 5. The molecular weight excluding hydrogens is 510 g/mol. The molecule has 0 amide bonds. The van der Waals surface area contributed by atoms with E-state index in [1.54, 1.807) is 0 Å². The molecule has 210 valence electrons. The van der Waals surface area contributed by atoms with Crippen LogP contribution in [0.2, 0.25) is 0 Å². The van der Waals surface area contributed by atoms with E-state index < -0.39 is 0 Å². The van der Waals surface area contributed by atoms with Crippen LogP contribution in [0.15, 0.2) is 152 Å². The van der Waals surface area contributed by atoms with Crippen LogP contribution in [0.1, 0.15) is 32.1 Å². The summed E-state index contributed by atoms with van der Waals surface area (Å²) in [5.74, 6) is 0. The maximum atomic E-state index is 2.41. The molecule has 2 aliphatic rings. The van der Waals surface area contributed by atoms with Gasteiger partial charge in [-0.25, -0.2) is 0 Å². The highest BCUT2D eigenvalue weighted by Crippen LogP contribution is 2.51. The molecule has 3 heteroatoms. The van der Waals surface area contributed by atoms with Crippen molar-refractivity contribution in [3.8, 4) is 0 Å². The molecule has 2 fully saturated rings. The minimum Gasteiger partial charge on any atom is -0.195 e. The van der Waals surface area contributed by atoms with Crippen LogP contribution in [-0.2, 0) is 0 Å². The second-order valence-electron chi connectivity index (χ2n) is 12.4. The number of quaternary nitrogens is 3. The Morgan fingerprint density at radius 2 is 0.643 bits per heavy atom. The summed E-state index contributed by atoms with van der Waals surface area (Å²) >= 11 is 0. The van der Waals surface area contributed by atoms with E-state index in [0.717, 1.165) is 33.5 Å². The van der Waals surface area contributed by atoms with Crippen LogP contribution in [0.5, 0.6) is 0 Å². The first-order valence-corrected chi connectivity index (χ1v) is 15.6. The first-order valence-electron chi connectivity index (χ1n) is 15.6. The largest absolute Gasteiger partial charge is 0.235 e. The Kier molecular flexibility index (Phi) is 7.25. The maximum Gasteiger partial charge on any atom is 0.235 e. The zero-order chi connectivity index (χ0) is 28.3. The highest BCUT2D eigenvalue weighted by atomic mass is 15.7. The van der Waals surface area contributed by atoms with Crippen LogP contribution in [0.25, 0.3) is 0 Å². The molecule has 0 spiro atoms. The SMILES string of the molecule is c1ccc([N+]2(c3ccccc3)C[N+](c3ccccc3)(c3ccccc3)C[N+](c3ccccc3)(C3CCCCC3)C2)cc1. The Bertz CT molecular complexity index is 1390. The van der Waals surface area contributed by atoms with Crippen molar-refractivity contribution in [2.24, 2.45) is 0 Å². The average molecular weight is 553 g/mol. The van der Waals surface area contributed by atoms with Gasteiger partial charge in [0.15, 0.2) is 0 Å². The Labute approximate surface area is 251 Å². The number of benzene rings is 5. The molecule has 1 aliphatic heterocycles. The molecular formula is C39H42N3+3. The summed E-state index contributed by atoms with van der Waals surface area (Å²) in [5.41, 5.74) is 6.85. The first-order chi connectivity index (χ1) is 20.8. The Balaban J connectivity index is 1.60. The van der Waals surface area contributed by atoms with Crippen molar-refractivity contribution in [1.29, 1.82) is 0 Å². The van der Waals surface area contributed by atoms with Crippen molar-refractivity contribution in [2.75, 3.05) is 20.0 Å². The van der Waals surface area contributed by atoms with Crippen molar-refractivity contribution in [2.45, 2.75) is 38.1 Å². The second kappa shape index (κ2) is 11.3. The van der Waals surface area contributed by atoms with Crippen LogP contribution in [0.4, 0.5) is 28.4 Å². The molecule has 1 saturated heterocycles. The van der Waals surface area contributed by atoms with Gasteiger partial charge in [-0.1, -0.05) is 97.4 Å². The minimum atomic E-state index is 0.552. The molecule has 1 saturated carbocycles. The molecule has 1 aliphatic carbocycles. The lowest BCUT2D eigenvalue weighted by molar-refractivity contribution is 0.00320. The van der Waals surface area contributed by atoms with Crippen LogP contribution in [0.3, 0.4) is 0 Å². The quantitative estimate of drug-likeness (QED) is 0.184. The van der Waals surface area contributed by atoms with Gasteiger partial charge in [0.1, 0.15) is 34.5 Å². The predicted molar refractivity (Wildman–Crippen MR) is 178 cm³/mol. The molecule has 0 atom stereocenters. The third-order valence-electron chi connectivity index (χ3n) is 10.0. The van der Waals surface area contributed by atoms with Crippen molar-refractivity contribution in [3.63, 3.8) is 0 Å². The summed E-state index contributed by atoms with van der Waals surface area (Å²) in [5, 5.41) is 0. The number of rotatable bonds is 6. The lowest BCUT2D eigenvalue weighted by Gasteiger charge is -2.58. The van der Waals surface area contributed by atoms with Gasteiger partial charge in [-0.2, -0.15) is 13.4 Å². The smallest absolute Gasteiger partial charge is 0.195 e. The Morgan fingerprint density at radius 1 is 0.333 bits per heavy atom. The normalized spacial score (nSPS) is 19.6. The fraction of sp³-hybridized carbons (Fsp3) is 0.231. The van der Waals surface area contributed by atoms with E-state index in [1.165, 1.54) is 60.5 Å². The fourth-order valence-corrected chi connectivity index (χ4v) is 8.12. The topological polar surface area (TPSA) is 0 Å². The molecule has 5 aromatic rings. The molecule has 0 unspecified atom stereocenters. The first kappa shape index (κ1) is 26.9. The van der Waals surface area contributed by atoms with Gasteiger partial charge in [0, 0.05) is 12.8 Å². The van der Waals surface area contributed by atoms with E-state index >= 15 is 0 Å². The number of hydrogen-bond donors (Lipinski definition) is 0. The van der Waals surface area contributed by atoms with Crippen LogP contribution in [0, 0.1) is 0 Å². The van der Waals surface area contributed by atoms with Gasteiger partial charge in [0.25, 0.3) is 0 Å². The zero-order valence-corrected chi connectivity index (χ0v) is 24.5. The molecule has 0 aromatic heterocycles. The van der Waals surface area contributed by atoms with Gasteiger partial charge < -0.3 is 0 Å². The summed E-state index contributed by atoms with van der Waals surface area (Å²) in [6.07, 6.45) is 6.50. The minimum absolute atomic E-state index is 0.552. The zero-order valence-electron chi connectivity index (χ0n) is 24.5. The molecule has 1 heterocycles. The Morgan fingerprint density at radius 3 is 0.976 bits per heavy atom. The predicted octanol–water partition coefficient (Wildman–Crippen LogP) is 9.89. The molecule has 7 rings (SSSR count). The second-order valence-corrected chi connectivity index (χ2v) is 12.4. The lowest BCUT2D eigenvalue weighted by Crippen LogP contribution is -2.81. The molecule has 3 nitrogen and oxygen atoms in total. The van der Waals surface area contributed by atoms with E-state index in [1.807, 2.05) is 0 Å². The van der Waals surface area contributed by atoms with Crippen molar-refractivity contribution in [3.05, 3.63) is 152 Å². The van der Waals surface area contributed by atoms with E-state index in [4.69, 9.17) is 0 Å². The van der Waals surface area contributed by atoms with Gasteiger partial charge >= 0.3 is 0 Å². The highest BCUT2D eigenvalue weighted by Gasteiger charge is 2.63. The standard InChI is InChI=1S/C39H42N3/c1-7-19-34(20-8-1)40(35-21-9-2-10-22-35)31-41(36-23-11-3-12-24-36,37-25-13-4-14-26-37)33-42(32-40,38-27-15-5-16-28-38)39-29-17-6-18-30-39/h1-5,7-16,19-28,39H,6,17-18,29-33H2/q+3. The Hall–Kier alpha value is -4.02. The molecule has 0 bridgehead atoms. The van der Waals surface area contributed by atoms with E-state index in [2.05, 4.69) is 152 Å². The molecule has 42 heavy (non-hydrogen) atoms. The summed E-state index contributed by atoms with van der Waals surface area (Å²) in [6.45, 7) is 2.88. The average Bonchev–Trinajstić information content (AvgIpc) is 3.10. The fourth-order valence-electron chi connectivity index (χ4n) is 8.12. The monoisotopic (exact) mass is 552 g/mol. The summed E-state index contributed by atoms with van der Waals surface area (Å²) in [6, 6.07) is 57.4. The third-order valence-corrected chi connectivity index (χ3v) is 10.0. The summed E-state index contributed by atoms with van der Waals surface area (Å²) in [4.78, 5) is 0. The summed E-state index contributed by atoms with van der Waals surface area (Å²) in [7, 11) is 0. The van der Waals surface area contributed by atoms with Gasteiger partial charge in [-0.05, 0) is 73.5 Å². The van der Waals surface area contributed by atoms with Crippen LogP contribution >= 0.6 is 0 Å². The van der Waals surface area contributed by atoms with Gasteiger partial charge in [-0.15, -0.1) is 0 Å². The van der Waals surface area contributed by atoms with Crippen molar-refractivity contribution < 1.29 is 0 Å². The summed E-state index contributed by atoms with van der Waals surface area (Å²) < 4.78 is 2.50. The lowest BCUT2D eigenvalue weighted by atomic mass is 9.90. The van der Waals surface area contributed by atoms with Crippen molar-refractivity contribution in [1.82, 2.24) is 13.4 Å². The van der Waals surface area contributed by atoms with Gasteiger partial charge in [0.05, 0.1) is 0 Å². The molecule has 0 radical (unpaired) electrons. The van der Waals surface area contributed by atoms with E-state index in [9.17, 15) is 0 Å². The maximum absolute atomic E-state index is 2.41. The third kappa shape index (κ3) is 4.59. The van der Waals surface area contributed by atoms with Crippen LogP contribution < -0.4 is 13.4 Å². The molecule has 0 N–H and O–H groups in total. The highest BCUT2D eigenvalue weighted by molar-refractivity contribution is 5.67. The number of nitrogens with zero attached hydrogens (tertiary/aromatic N) is 3. The van der Waals surface area contributed by atoms with E-state index in [-0.39, 0.29) is 0 Å². The number of hydrogen-bond acceptors (Lipinski definition) is 0. The van der Waals surface area contributed by atoms with E-state index in [0.29, 0.717) is 6.04 Å². The van der Waals surface area contributed by atoms with Gasteiger partial charge in [-0.3, -0.25) is 0 Å². The van der Waals surface area contributed by atoms with Gasteiger partial charge in [0.2, 0.25) is 20.0 Å². The van der Waals surface area contributed by atoms with Crippen LogP contribution in [-0.4, -0.2) is 26.0 Å². The molecule has 5 aromatic carbocycles.